The Morgan fingerprint density at radius 1 is 1.53 bits per heavy atom. The van der Waals surface area contributed by atoms with Crippen molar-refractivity contribution in [2.24, 2.45) is 0 Å². The summed E-state index contributed by atoms with van der Waals surface area (Å²) < 4.78 is 6.23. The van der Waals surface area contributed by atoms with Crippen molar-refractivity contribution in [2.75, 3.05) is 19.6 Å². The van der Waals surface area contributed by atoms with Crippen LogP contribution in [0.1, 0.15) is 25.5 Å². The minimum atomic E-state index is -0.784. The molecule has 1 aromatic heterocycles. The van der Waals surface area contributed by atoms with E-state index in [1.807, 2.05) is 6.07 Å². The molecule has 0 bridgehead atoms. The Bertz CT molecular complexity index is 329. The van der Waals surface area contributed by atoms with Gasteiger partial charge < -0.3 is 14.4 Å². The third-order valence-electron chi connectivity index (χ3n) is 3.17. The summed E-state index contributed by atoms with van der Waals surface area (Å²) in [5, 5.41) is 10.5. The largest absolute Gasteiger partial charge is 0.465 e. The van der Waals surface area contributed by atoms with E-state index in [2.05, 4.69) is 27.8 Å². The summed E-state index contributed by atoms with van der Waals surface area (Å²) in [5.41, 5.74) is -0.784. The SMILES string of the molecule is CCN1CCC(O)(c2occc2Br)CC1. The second-order valence-electron chi connectivity index (χ2n) is 4.06. The van der Waals surface area contributed by atoms with Crippen molar-refractivity contribution in [3.8, 4) is 0 Å². The first-order valence-corrected chi connectivity index (χ1v) is 6.13. The van der Waals surface area contributed by atoms with Crippen LogP contribution in [0.4, 0.5) is 0 Å². The summed E-state index contributed by atoms with van der Waals surface area (Å²) in [4.78, 5) is 2.34. The molecule has 0 atom stereocenters. The number of rotatable bonds is 2. The quantitative estimate of drug-likeness (QED) is 0.899. The lowest BCUT2D eigenvalue weighted by molar-refractivity contribution is -0.0416. The number of hydrogen-bond donors (Lipinski definition) is 1. The van der Waals surface area contributed by atoms with Crippen molar-refractivity contribution in [2.45, 2.75) is 25.4 Å². The van der Waals surface area contributed by atoms with Crippen LogP contribution in [-0.2, 0) is 5.60 Å². The fourth-order valence-electron chi connectivity index (χ4n) is 2.09. The first kappa shape index (κ1) is 11.2. The number of hydrogen-bond acceptors (Lipinski definition) is 3. The Hall–Kier alpha value is -0.320. The van der Waals surface area contributed by atoms with E-state index in [4.69, 9.17) is 4.42 Å². The van der Waals surface area contributed by atoms with Crippen molar-refractivity contribution >= 4 is 15.9 Å². The smallest absolute Gasteiger partial charge is 0.149 e. The van der Waals surface area contributed by atoms with Gasteiger partial charge in [-0.25, -0.2) is 0 Å². The highest BCUT2D eigenvalue weighted by atomic mass is 79.9. The highest BCUT2D eigenvalue weighted by Crippen LogP contribution is 2.37. The average molecular weight is 274 g/mol. The van der Waals surface area contributed by atoms with Gasteiger partial charge in [-0.3, -0.25) is 0 Å². The highest BCUT2D eigenvalue weighted by molar-refractivity contribution is 9.10. The maximum absolute atomic E-state index is 10.5. The molecule has 1 aliphatic rings. The third kappa shape index (κ3) is 2.12. The van der Waals surface area contributed by atoms with Crippen LogP contribution in [0.3, 0.4) is 0 Å². The molecule has 1 aliphatic heterocycles. The molecule has 0 amide bonds. The van der Waals surface area contributed by atoms with Crippen LogP contribution in [0.15, 0.2) is 21.2 Å². The van der Waals surface area contributed by atoms with Crippen molar-refractivity contribution < 1.29 is 9.52 Å². The number of nitrogens with zero attached hydrogens (tertiary/aromatic N) is 1. The monoisotopic (exact) mass is 273 g/mol. The number of halogens is 1. The zero-order chi connectivity index (χ0) is 10.9. The standard InChI is InChI=1S/C11H16BrNO2/c1-2-13-6-4-11(14,5-7-13)10-9(12)3-8-15-10/h3,8,14H,2,4-7H2,1H3. The van der Waals surface area contributed by atoms with Gasteiger partial charge in [0, 0.05) is 13.1 Å². The molecule has 0 saturated carbocycles. The van der Waals surface area contributed by atoms with E-state index in [0.717, 1.165) is 36.9 Å². The van der Waals surface area contributed by atoms with Gasteiger partial charge in [0.25, 0.3) is 0 Å². The van der Waals surface area contributed by atoms with E-state index < -0.39 is 5.60 Å². The molecule has 0 radical (unpaired) electrons. The Kier molecular flexibility index (Phi) is 3.19. The van der Waals surface area contributed by atoms with E-state index in [1.165, 1.54) is 0 Å². The van der Waals surface area contributed by atoms with Gasteiger partial charge in [-0.05, 0) is 41.4 Å². The predicted molar refractivity (Wildman–Crippen MR) is 61.7 cm³/mol. The molecule has 1 N–H and O–H groups in total. The fraction of sp³-hybridized carbons (Fsp3) is 0.636. The minimum absolute atomic E-state index is 0.679. The number of likely N-dealkylation sites (tertiary alicyclic amines) is 1. The molecule has 3 nitrogen and oxygen atoms in total. The Labute approximate surface area is 98.2 Å². The summed E-state index contributed by atoms with van der Waals surface area (Å²) in [6, 6.07) is 1.83. The molecule has 4 heteroatoms. The van der Waals surface area contributed by atoms with Crippen LogP contribution in [0.5, 0.6) is 0 Å². The number of furan rings is 1. The summed E-state index contributed by atoms with van der Waals surface area (Å²) in [6.07, 6.45) is 3.10. The summed E-state index contributed by atoms with van der Waals surface area (Å²) in [6.45, 7) is 5.06. The van der Waals surface area contributed by atoms with Crippen LogP contribution >= 0.6 is 15.9 Å². The average Bonchev–Trinajstić information content (AvgIpc) is 2.66. The molecule has 1 fully saturated rings. The molecular formula is C11H16BrNO2. The second kappa shape index (κ2) is 4.28. The summed E-state index contributed by atoms with van der Waals surface area (Å²) in [7, 11) is 0. The van der Waals surface area contributed by atoms with E-state index >= 15 is 0 Å². The third-order valence-corrected chi connectivity index (χ3v) is 3.79. The molecule has 2 heterocycles. The first-order chi connectivity index (χ1) is 7.15. The lowest BCUT2D eigenvalue weighted by Gasteiger charge is -2.36. The topological polar surface area (TPSA) is 36.6 Å². The van der Waals surface area contributed by atoms with Crippen molar-refractivity contribution in [3.63, 3.8) is 0 Å². The van der Waals surface area contributed by atoms with Crippen LogP contribution < -0.4 is 0 Å². The lowest BCUT2D eigenvalue weighted by atomic mass is 9.89. The highest BCUT2D eigenvalue weighted by Gasteiger charge is 2.37. The van der Waals surface area contributed by atoms with Gasteiger partial charge >= 0.3 is 0 Å². The minimum Gasteiger partial charge on any atom is -0.465 e. The zero-order valence-electron chi connectivity index (χ0n) is 8.87. The summed E-state index contributed by atoms with van der Waals surface area (Å²) in [5.74, 6) is 0.679. The van der Waals surface area contributed by atoms with Crippen molar-refractivity contribution in [1.29, 1.82) is 0 Å². The van der Waals surface area contributed by atoms with Crippen LogP contribution in [0.2, 0.25) is 0 Å². The van der Waals surface area contributed by atoms with Crippen LogP contribution in [-0.4, -0.2) is 29.6 Å². The Balaban J connectivity index is 2.13. The fourth-order valence-corrected chi connectivity index (χ4v) is 2.66. The van der Waals surface area contributed by atoms with E-state index in [-0.39, 0.29) is 0 Å². The van der Waals surface area contributed by atoms with Crippen LogP contribution in [0, 0.1) is 0 Å². The van der Waals surface area contributed by atoms with Gasteiger partial charge in [0.15, 0.2) is 0 Å². The zero-order valence-corrected chi connectivity index (χ0v) is 10.5. The Morgan fingerprint density at radius 3 is 2.67 bits per heavy atom. The van der Waals surface area contributed by atoms with Crippen molar-refractivity contribution in [1.82, 2.24) is 4.90 Å². The van der Waals surface area contributed by atoms with Gasteiger partial charge in [-0.1, -0.05) is 6.92 Å². The van der Waals surface area contributed by atoms with Gasteiger partial charge in [0.1, 0.15) is 11.4 Å². The van der Waals surface area contributed by atoms with Gasteiger partial charge in [0.2, 0.25) is 0 Å². The molecule has 15 heavy (non-hydrogen) atoms. The maximum atomic E-state index is 10.5. The van der Waals surface area contributed by atoms with Gasteiger partial charge in [-0.15, -0.1) is 0 Å². The molecule has 0 unspecified atom stereocenters. The normalized spacial score (nSPS) is 21.8. The molecule has 84 valence electrons. The molecule has 2 rings (SSSR count). The molecule has 1 aromatic rings. The van der Waals surface area contributed by atoms with Gasteiger partial charge in [0.05, 0.1) is 10.7 Å². The Morgan fingerprint density at radius 2 is 2.20 bits per heavy atom. The summed E-state index contributed by atoms with van der Waals surface area (Å²) >= 11 is 3.40. The molecular weight excluding hydrogens is 258 g/mol. The molecule has 1 saturated heterocycles. The number of aliphatic hydroxyl groups is 1. The molecule has 0 aromatic carbocycles. The maximum Gasteiger partial charge on any atom is 0.149 e. The van der Waals surface area contributed by atoms with Crippen molar-refractivity contribution in [3.05, 3.63) is 22.6 Å². The predicted octanol–water partition coefficient (Wildman–Crippen LogP) is 2.35. The molecule has 0 aliphatic carbocycles. The molecule has 0 spiro atoms. The van der Waals surface area contributed by atoms with Crippen LogP contribution in [0.25, 0.3) is 0 Å². The second-order valence-corrected chi connectivity index (χ2v) is 4.92. The van der Waals surface area contributed by atoms with Gasteiger partial charge in [-0.2, -0.15) is 0 Å². The number of piperidine rings is 1. The first-order valence-electron chi connectivity index (χ1n) is 5.34. The van der Waals surface area contributed by atoms with E-state index in [1.54, 1.807) is 6.26 Å². The lowest BCUT2D eigenvalue weighted by Crippen LogP contribution is -2.42. The van der Waals surface area contributed by atoms with E-state index in [0.29, 0.717) is 5.76 Å². The van der Waals surface area contributed by atoms with E-state index in [9.17, 15) is 5.11 Å².